The molecule has 142 valence electrons. The van der Waals surface area contributed by atoms with Crippen LogP contribution in [-0.4, -0.2) is 42.0 Å². The fourth-order valence-electron chi connectivity index (χ4n) is 2.89. The Morgan fingerprint density at radius 3 is 2.08 bits per heavy atom. The number of unbranched alkanes of at least 4 members (excludes halogenated alkanes) is 1. The molecular weight excluding hydrogens is 304 g/mol. The molecule has 0 atom stereocenters. The maximum atomic E-state index is 2.56. The third kappa shape index (κ3) is 9.23. The van der Waals surface area contributed by atoms with Crippen molar-refractivity contribution in [3.8, 4) is 0 Å². The number of hydrogen-bond donors (Lipinski definition) is 0. The lowest BCUT2D eigenvalue weighted by Crippen LogP contribution is -2.48. The standard InChI is InChI=1S/C14H22N2.C9H18/c1-13(2)16-10-8-15(9-11-16)12-14-6-4-3-5-7-14;1-5-6-7-9(4)8(2)3/h3-7,13H,8-12H2,1-2H3;7-8H,5-6H2,1-4H3/b;9-7+. The molecule has 1 saturated heterocycles. The second-order valence-corrected chi connectivity index (χ2v) is 7.78. The van der Waals surface area contributed by atoms with Gasteiger partial charge >= 0.3 is 0 Å². The summed E-state index contributed by atoms with van der Waals surface area (Å²) < 4.78 is 0. The van der Waals surface area contributed by atoms with Crippen molar-refractivity contribution < 1.29 is 0 Å². The second-order valence-electron chi connectivity index (χ2n) is 7.78. The fraction of sp³-hybridized carbons (Fsp3) is 0.652. The molecule has 1 aromatic rings. The van der Waals surface area contributed by atoms with E-state index in [4.69, 9.17) is 0 Å². The zero-order valence-electron chi connectivity index (χ0n) is 17.5. The summed E-state index contributed by atoms with van der Waals surface area (Å²) >= 11 is 0. The van der Waals surface area contributed by atoms with Gasteiger partial charge in [-0.2, -0.15) is 0 Å². The van der Waals surface area contributed by atoms with Crippen molar-refractivity contribution in [1.29, 1.82) is 0 Å². The Hall–Kier alpha value is -1.12. The van der Waals surface area contributed by atoms with Gasteiger partial charge in [0.2, 0.25) is 0 Å². The van der Waals surface area contributed by atoms with Crippen LogP contribution in [0.2, 0.25) is 0 Å². The van der Waals surface area contributed by atoms with Gasteiger partial charge in [0.25, 0.3) is 0 Å². The highest BCUT2D eigenvalue weighted by molar-refractivity contribution is 5.14. The lowest BCUT2D eigenvalue weighted by molar-refractivity contribution is 0.104. The summed E-state index contributed by atoms with van der Waals surface area (Å²) in [6.45, 7) is 19.4. The molecule has 1 heterocycles. The van der Waals surface area contributed by atoms with E-state index in [0.29, 0.717) is 6.04 Å². The maximum Gasteiger partial charge on any atom is 0.0234 e. The molecular formula is C23H40N2. The first kappa shape index (κ1) is 21.9. The lowest BCUT2D eigenvalue weighted by atomic mass is 10.0. The molecule has 0 aliphatic carbocycles. The molecule has 0 aromatic heterocycles. The van der Waals surface area contributed by atoms with Crippen molar-refractivity contribution >= 4 is 0 Å². The number of benzene rings is 1. The van der Waals surface area contributed by atoms with E-state index in [1.165, 1.54) is 50.2 Å². The SMILES string of the molecule is CC(C)N1CCN(Cc2ccccc2)CC1.CCC/C=C(\C)C(C)C. The van der Waals surface area contributed by atoms with Gasteiger partial charge in [-0.25, -0.2) is 0 Å². The average Bonchev–Trinajstić information content (AvgIpc) is 2.61. The molecule has 1 aliphatic heterocycles. The van der Waals surface area contributed by atoms with Crippen LogP contribution < -0.4 is 0 Å². The topological polar surface area (TPSA) is 6.48 Å². The van der Waals surface area contributed by atoms with Crippen LogP contribution >= 0.6 is 0 Å². The first-order valence-electron chi connectivity index (χ1n) is 10.1. The van der Waals surface area contributed by atoms with E-state index in [9.17, 15) is 0 Å². The van der Waals surface area contributed by atoms with Crippen LogP contribution in [0.4, 0.5) is 0 Å². The molecule has 2 heteroatoms. The minimum Gasteiger partial charge on any atom is -0.298 e. The van der Waals surface area contributed by atoms with Crippen molar-refractivity contribution in [2.24, 2.45) is 5.92 Å². The summed E-state index contributed by atoms with van der Waals surface area (Å²) in [5.41, 5.74) is 2.96. The Morgan fingerprint density at radius 2 is 1.60 bits per heavy atom. The maximum absolute atomic E-state index is 2.56. The van der Waals surface area contributed by atoms with E-state index >= 15 is 0 Å². The molecule has 1 aromatic carbocycles. The number of hydrogen-bond acceptors (Lipinski definition) is 2. The van der Waals surface area contributed by atoms with E-state index in [0.717, 1.165) is 12.5 Å². The average molecular weight is 345 g/mol. The van der Waals surface area contributed by atoms with Gasteiger partial charge in [-0.05, 0) is 38.7 Å². The van der Waals surface area contributed by atoms with Gasteiger partial charge in [0.15, 0.2) is 0 Å². The van der Waals surface area contributed by atoms with Gasteiger partial charge < -0.3 is 0 Å². The number of nitrogens with zero attached hydrogens (tertiary/aromatic N) is 2. The molecule has 25 heavy (non-hydrogen) atoms. The first-order chi connectivity index (χ1) is 11.9. The molecule has 2 nitrogen and oxygen atoms in total. The van der Waals surface area contributed by atoms with E-state index in [-0.39, 0.29) is 0 Å². The van der Waals surface area contributed by atoms with Crippen molar-refractivity contribution in [2.75, 3.05) is 26.2 Å². The van der Waals surface area contributed by atoms with Crippen LogP contribution in [0.25, 0.3) is 0 Å². The normalized spacial score (nSPS) is 16.9. The van der Waals surface area contributed by atoms with Crippen LogP contribution in [0.15, 0.2) is 42.0 Å². The second kappa shape index (κ2) is 12.3. The third-order valence-corrected chi connectivity index (χ3v) is 5.05. The Balaban J connectivity index is 0.000000299. The summed E-state index contributed by atoms with van der Waals surface area (Å²) in [5, 5.41) is 0. The molecule has 0 bridgehead atoms. The summed E-state index contributed by atoms with van der Waals surface area (Å²) in [5.74, 6) is 0.733. The molecule has 1 aliphatic rings. The van der Waals surface area contributed by atoms with Crippen molar-refractivity contribution in [3.05, 3.63) is 47.5 Å². The zero-order valence-corrected chi connectivity index (χ0v) is 17.5. The van der Waals surface area contributed by atoms with Gasteiger partial charge in [-0.1, -0.05) is 69.2 Å². The number of piperazine rings is 1. The largest absolute Gasteiger partial charge is 0.298 e. The van der Waals surface area contributed by atoms with Crippen LogP contribution in [-0.2, 0) is 6.54 Å². The Kier molecular flexibility index (Phi) is 10.8. The minimum atomic E-state index is 0.693. The Bertz CT molecular complexity index is 468. The zero-order chi connectivity index (χ0) is 18.7. The molecule has 0 unspecified atom stereocenters. The van der Waals surface area contributed by atoms with Crippen molar-refractivity contribution in [2.45, 2.75) is 67.0 Å². The smallest absolute Gasteiger partial charge is 0.0234 e. The summed E-state index contributed by atoms with van der Waals surface area (Å²) in [6, 6.07) is 11.5. The van der Waals surface area contributed by atoms with E-state index in [2.05, 4.69) is 87.8 Å². The molecule has 0 N–H and O–H groups in total. The number of allylic oxidation sites excluding steroid dienone is 2. The molecule has 0 spiro atoms. The third-order valence-electron chi connectivity index (χ3n) is 5.05. The number of rotatable bonds is 6. The summed E-state index contributed by atoms with van der Waals surface area (Å²) in [7, 11) is 0. The summed E-state index contributed by atoms with van der Waals surface area (Å²) in [4.78, 5) is 5.11. The van der Waals surface area contributed by atoms with E-state index in [1.54, 1.807) is 0 Å². The molecule has 1 fully saturated rings. The molecule has 0 radical (unpaired) electrons. The predicted octanol–water partition coefficient (Wildman–Crippen LogP) is 5.60. The van der Waals surface area contributed by atoms with Gasteiger partial charge in [0.1, 0.15) is 0 Å². The Morgan fingerprint density at radius 1 is 1.00 bits per heavy atom. The Labute approximate surface area is 156 Å². The van der Waals surface area contributed by atoms with E-state index < -0.39 is 0 Å². The van der Waals surface area contributed by atoms with Gasteiger partial charge in [0, 0.05) is 38.8 Å². The lowest BCUT2D eigenvalue weighted by Gasteiger charge is -2.36. The fourth-order valence-corrected chi connectivity index (χ4v) is 2.89. The first-order valence-corrected chi connectivity index (χ1v) is 10.1. The molecule has 2 rings (SSSR count). The van der Waals surface area contributed by atoms with Crippen molar-refractivity contribution in [3.63, 3.8) is 0 Å². The van der Waals surface area contributed by atoms with Crippen LogP contribution in [0.5, 0.6) is 0 Å². The minimum absolute atomic E-state index is 0.693. The predicted molar refractivity (Wildman–Crippen MR) is 112 cm³/mol. The van der Waals surface area contributed by atoms with Gasteiger partial charge in [0.05, 0.1) is 0 Å². The van der Waals surface area contributed by atoms with Crippen LogP contribution in [0.3, 0.4) is 0 Å². The summed E-state index contributed by atoms with van der Waals surface area (Å²) in [6.07, 6.45) is 4.85. The van der Waals surface area contributed by atoms with Gasteiger partial charge in [-0.3, -0.25) is 9.80 Å². The van der Waals surface area contributed by atoms with Crippen LogP contribution in [0.1, 0.15) is 59.9 Å². The highest BCUT2D eigenvalue weighted by Gasteiger charge is 2.18. The van der Waals surface area contributed by atoms with E-state index in [1.807, 2.05) is 0 Å². The highest BCUT2D eigenvalue weighted by Crippen LogP contribution is 2.10. The highest BCUT2D eigenvalue weighted by atomic mass is 15.3. The molecule has 0 saturated carbocycles. The molecule has 0 amide bonds. The quantitative estimate of drug-likeness (QED) is 0.620. The van der Waals surface area contributed by atoms with Crippen molar-refractivity contribution in [1.82, 2.24) is 9.80 Å². The monoisotopic (exact) mass is 344 g/mol. The van der Waals surface area contributed by atoms with Gasteiger partial charge in [-0.15, -0.1) is 0 Å². The van der Waals surface area contributed by atoms with Crippen LogP contribution in [0, 0.1) is 5.92 Å².